The highest BCUT2D eigenvalue weighted by molar-refractivity contribution is 5.37. The van der Waals surface area contributed by atoms with Gasteiger partial charge in [-0.2, -0.15) is 0 Å². The maximum absolute atomic E-state index is 10.00. The number of aromatic nitrogens is 1. The van der Waals surface area contributed by atoms with Gasteiger partial charge in [0.2, 0.25) is 0 Å². The number of piperidine rings is 1. The monoisotopic (exact) mass is 206 g/mol. The molecule has 2 heterocycles. The van der Waals surface area contributed by atoms with Gasteiger partial charge in [-0.3, -0.25) is 0 Å². The van der Waals surface area contributed by atoms with Gasteiger partial charge < -0.3 is 15.4 Å². The van der Waals surface area contributed by atoms with Crippen LogP contribution in [0.25, 0.3) is 0 Å². The Labute approximate surface area is 89.9 Å². The summed E-state index contributed by atoms with van der Waals surface area (Å²) in [5, 5.41) is 13.4. The summed E-state index contributed by atoms with van der Waals surface area (Å²) in [6.45, 7) is 1.03. The lowest BCUT2D eigenvalue weighted by Gasteiger charge is -2.29. The molecule has 1 aromatic rings. The van der Waals surface area contributed by atoms with Crippen molar-refractivity contribution < 1.29 is 5.11 Å². The first-order chi connectivity index (χ1) is 7.36. The Morgan fingerprint density at radius 2 is 2.20 bits per heavy atom. The first-order valence-electron chi connectivity index (χ1n) is 5.97. The van der Waals surface area contributed by atoms with Crippen LogP contribution in [-0.2, 0) is 12.8 Å². The van der Waals surface area contributed by atoms with E-state index in [1.54, 1.807) is 0 Å². The molecular weight excluding hydrogens is 188 g/mol. The number of hydrogen-bond donors (Lipinski definition) is 3. The molecule has 1 aromatic heterocycles. The molecule has 1 aliphatic heterocycles. The standard InChI is InChI=1S/C12H18N2O/c15-11-5-2-6-13-12(11)9-7-14-10-4-1-3-8(9)10/h7,11-15H,1-6H2. The zero-order chi connectivity index (χ0) is 10.3. The Morgan fingerprint density at radius 1 is 1.27 bits per heavy atom. The summed E-state index contributed by atoms with van der Waals surface area (Å²) in [5.41, 5.74) is 4.17. The number of hydrogen-bond acceptors (Lipinski definition) is 2. The third-order valence-corrected chi connectivity index (χ3v) is 3.73. The molecule has 2 aliphatic rings. The van der Waals surface area contributed by atoms with E-state index in [1.807, 2.05) is 0 Å². The Balaban J connectivity index is 1.91. The second-order valence-electron chi connectivity index (χ2n) is 4.70. The van der Waals surface area contributed by atoms with Crippen LogP contribution in [0.3, 0.4) is 0 Å². The van der Waals surface area contributed by atoms with Crippen LogP contribution in [0.2, 0.25) is 0 Å². The van der Waals surface area contributed by atoms with Crippen LogP contribution >= 0.6 is 0 Å². The van der Waals surface area contributed by atoms with Gasteiger partial charge in [-0.25, -0.2) is 0 Å². The molecule has 3 heteroatoms. The van der Waals surface area contributed by atoms with E-state index in [0.717, 1.165) is 19.4 Å². The minimum Gasteiger partial charge on any atom is -0.391 e. The number of aromatic amines is 1. The Hall–Kier alpha value is -0.800. The fourth-order valence-electron chi connectivity index (χ4n) is 2.94. The highest BCUT2D eigenvalue weighted by Gasteiger charge is 2.29. The lowest BCUT2D eigenvalue weighted by Crippen LogP contribution is -2.37. The Bertz CT molecular complexity index is 359. The number of aryl methyl sites for hydroxylation is 1. The highest BCUT2D eigenvalue weighted by Crippen LogP contribution is 2.32. The van der Waals surface area contributed by atoms with E-state index in [-0.39, 0.29) is 12.1 Å². The van der Waals surface area contributed by atoms with E-state index in [9.17, 15) is 5.11 Å². The third-order valence-electron chi connectivity index (χ3n) is 3.73. The molecule has 0 bridgehead atoms. The predicted molar refractivity (Wildman–Crippen MR) is 58.8 cm³/mol. The zero-order valence-electron chi connectivity index (χ0n) is 8.92. The maximum atomic E-state index is 10.00. The molecule has 0 radical (unpaired) electrons. The second-order valence-corrected chi connectivity index (χ2v) is 4.70. The van der Waals surface area contributed by atoms with Gasteiger partial charge in [-0.15, -0.1) is 0 Å². The Morgan fingerprint density at radius 3 is 3.07 bits per heavy atom. The van der Waals surface area contributed by atoms with Crippen molar-refractivity contribution in [3.05, 3.63) is 23.0 Å². The highest BCUT2D eigenvalue weighted by atomic mass is 16.3. The average molecular weight is 206 g/mol. The molecule has 3 N–H and O–H groups in total. The second kappa shape index (κ2) is 3.65. The number of H-pyrrole nitrogens is 1. The smallest absolute Gasteiger partial charge is 0.0736 e. The number of rotatable bonds is 1. The lowest BCUT2D eigenvalue weighted by molar-refractivity contribution is 0.0962. The summed E-state index contributed by atoms with van der Waals surface area (Å²) in [6.07, 6.45) is 7.52. The van der Waals surface area contributed by atoms with Gasteiger partial charge in [-0.1, -0.05) is 0 Å². The summed E-state index contributed by atoms with van der Waals surface area (Å²) in [6, 6.07) is 0.164. The largest absolute Gasteiger partial charge is 0.391 e. The lowest BCUT2D eigenvalue weighted by atomic mass is 9.93. The van der Waals surface area contributed by atoms with Crippen LogP contribution in [-0.4, -0.2) is 22.7 Å². The van der Waals surface area contributed by atoms with Crippen LogP contribution in [0.4, 0.5) is 0 Å². The first-order valence-corrected chi connectivity index (χ1v) is 5.97. The summed E-state index contributed by atoms with van der Waals surface area (Å²) in [7, 11) is 0. The van der Waals surface area contributed by atoms with Crippen molar-refractivity contribution >= 4 is 0 Å². The average Bonchev–Trinajstić information content (AvgIpc) is 2.80. The molecule has 15 heavy (non-hydrogen) atoms. The van der Waals surface area contributed by atoms with Crippen molar-refractivity contribution in [1.29, 1.82) is 0 Å². The third kappa shape index (κ3) is 1.50. The quantitative estimate of drug-likeness (QED) is 0.648. The number of aliphatic hydroxyl groups excluding tert-OH is 1. The minimum absolute atomic E-state index is 0.164. The SMILES string of the molecule is OC1CCCNC1c1c[nH]c2c1CCC2. The van der Waals surface area contributed by atoms with Gasteiger partial charge in [-0.05, 0) is 49.8 Å². The van der Waals surface area contributed by atoms with Gasteiger partial charge in [0.15, 0.2) is 0 Å². The van der Waals surface area contributed by atoms with E-state index < -0.39 is 0 Å². The van der Waals surface area contributed by atoms with Gasteiger partial charge >= 0.3 is 0 Å². The fourth-order valence-corrected chi connectivity index (χ4v) is 2.94. The van der Waals surface area contributed by atoms with Crippen molar-refractivity contribution in [1.82, 2.24) is 10.3 Å². The fraction of sp³-hybridized carbons (Fsp3) is 0.667. The molecule has 1 aliphatic carbocycles. The molecule has 3 nitrogen and oxygen atoms in total. The number of aliphatic hydroxyl groups is 1. The van der Waals surface area contributed by atoms with E-state index in [0.29, 0.717) is 0 Å². The molecule has 2 unspecified atom stereocenters. The molecule has 3 rings (SSSR count). The van der Waals surface area contributed by atoms with Crippen LogP contribution in [0, 0.1) is 0 Å². The molecule has 0 saturated carbocycles. The van der Waals surface area contributed by atoms with Crippen molar-refractivity contribution in [2.45, 2.75) is 44.2 Å². The summed E-state index contributed by atoms with van der Waals surface area (Å²) >= 11 is 0. The van der Waals surface area contributed by atoms with Gasteiger partial charge in [0, 0.05) is 11.9 Å². The zero-order valence-corrected chi connectivity index (χ0v) is 8.92. The van der Waals surface area contributed by atoms with Crippen molar-refractivity contribution in [2.75, 3.05) is 6.54 Å². The summed E-state index contributed by atoms with van der Waals surface area (Å²) in [4.78, 5) is 3.35. The van der Waals surface area contributed by atoms with Gasteiger partial charge in [0.05, 0.1) is 12.1 Å². The normalized spacial score (nSPS) is 30.5. The van der Waals surface area contributed by atoms with Crippen LogP contribution in [0.5, 0.6) is 0 Å². The predicted octanol–water partition coefficient (Wildman–Crippen LogP) is 1.29. The van der Waals surface area contributed by atoms with Gasteiger partial charge in [0.25, 0.3) is 0 Å². The first kappa shape index (κ1) is 9.43. The summed E-state index contributed by atoms with van der Waals surface area (Å²) < 4.78 is 0. The van der Waals surface area contributed by atoms with E-state index in [4.69, 9.17) is 0 Å². The topological polar surface area (TPSA) is 48.0 Å². The number of nitrogens with one attached hydrogen (secondary N) is 2. The van der Waals surface area contributed by atoms with Crippen LogP contribution in [0.1, 0.15) is 42.1 Å². The van der Waals surface area contributed by atoms with Crippen molar-refractivity contribution in [3.63, 3.8) is 0 Å². The Kier molecular flexibility index (Phi) is 2.29. The number of fused-ring (bicyclic) bond motifs is 1. The molecule has 0 spiro atoms. The van der Waals surface area contributed by atoms with E-state index >= 15 is 0 Å². The molecule has 1 fully saturated rings. The van der Waals surface area contributed by atoms with Gasteiger partial charge in [0.1, 0.15) is 0 Å². The van der Waals surface area contributed by atoms with Crippen molar-refractivity contribution in [3.8, 4) is 0 Å². The molecule has 0 aromatic carbocycles. The summed E-state index contributed by atoms with van der Waals surface area (Å²) in [5.74, 6) is 0. The molecule has 82 valence electrons. The maximum Gasteiger partial charge on any atom is 0.0736 e. The van der Waals surface area contributed by atoms with E-state index in [2.05, 4.69) is 16.5 Å². The van der Waals surface area contributed by atoms with Crippen molar-refractivity contribution in [2.24, 2.45) is 0 Å². The minimum atomic E-state index is -0.209. The molecule has 2 atom stereocenters. The molecule has 1 saturated heterocycles. The van der Waals surface area contributed by atoms with Crippen LogP contribution < -0.4 is 5.32 Å². The molecular formula is C12H18N2O. The molecule has 0 amide bonds. The van der Waals surface area contributed by atoms with E-state index in [1.165, 1.54) is 36.1 Å². The van der Waals surface area contributed by atoms with Crippen LogP contribution in [0.15, 0.2) is 6.20 Å².